The Labute approximate surface area is 105 Å². The minimum Gasteiger partial charge on any atom is -0.464 e. The number of aryl methyl sites for hydroxylation is 1. The maximum atomic E-state index is 14.1. The number of Topliss-reactive ketones (excluding diaryl/α,β-unsaturated/α-hetero) is 1. The Hall–Kier alpha value is -1.71. The summed E-state index contributed by atoms with van der Waals surface area (Å²) in [6.07, 6.45) is -0.0709. The number of halogens is 1. The second kappa shape index (κ2) is 4.52. The summed E-state index contributed by atoms with van der Waals surface area (Å²) in [5, 5.41) is 0. The van der Waals surface area contributed by atoms with Crippen LogP contribution in [0.25, 0.3) is 0 Å². The van der Waals surface area contributed by atoms with Crippen molar-refractivity contribution in [1.82, 2.24) is 0 Å². The molecule has 1 aromatic rings. The van der Waals surface area contributed by atoms with Crippen LogP contribution in [0.2, 0.25) is 0 Å². The minimum absolute atomic E-state index is 0.0709. The second-order valence-corrected chi connectivity index (χ2v) is 4.57. The highest BCUT2D eigenvalue weighted by Gasteiger charge is 2.66. The van der Waals surface area contributed by atoms with Crippen molar-refractivity contribution >= 4 is 11.8 Å². The van der Waals surface area contributed by atoms with E-state index < -0.39 is 17.6 Å². The fraction of sp³-hybridized carbons (Fsp3) is 0.429. The number of hydrogen-bond donors (Lipinski definition) is 0. The first-order valence-electron chi connectivity index (χ1n) is 5.96. The molecule has 0 aliphatic heterocycles. The smallest absolute Gasteiger partial charge is 0.344 e. The van der Waals surface area contributed by atoms with Crippen LogP contribution < -0.4 is 0 Å². The molecule has 18 heavy (non-hydrogen) atoms. The molecular formula is C14H15FO3. The van der Waals surface area contributed by atoms with Crippen LogP contribution in [0.1, 0.15) is 29.3 Å². The minimum atomic E-state index is -2.11. The number of esters is 1. The third kappa shape index (κ3) is 2.15. The van der Waals surface area contributed by atoms with Gasteiger partial charge >= 0.3 is 5.97 Å². The molecule has 0 radical (unpaired) electrons. The summed E-state index contributed by atoms with van der Waals surface area (Å²) in [5.41, 5.74) is -0.647. The summed E-state index contributed by atoms with van der Waals surface area (Å²) in [7, 11) is 0. The van der Waals surface area contributed by atoms with Crippen LogP contribution in [-0.2, 0) is 9.53 Å². The first kappa shape index (κ1) is 12.7. The van der Waals surface area contributed by atoms with Gasteiger partial charge < -0.3 is 4.74 Å². The molecule has 1 aromatic carbocycles. The van der Waals surface area contributed by atoms with Gasteiger partial charge in [0.25, 0.3) is 0 Å². The molecule has 1 aliphatic carbocycles. The number of carbonyl (C=O) groups is 2. The van der Waals surface area contributed by atoms with Gasteiger partial charge in [-0.05, 0) is 13.8 Å². The van der Waals surface area contributed by atoms with Gasteiger partial charge in [0, 0.05) is 12.0 Å². The van der Waals surface area contributed by atoms with E-state index in [9.17, 15) is 14.0 Å². The summed E-state index contributed by atoms with van der Waals surface area (Å²) in [6, 6.07) is 6.89. The first-order chi connectivity index (χ1) is 8.49. The monoisotopic (exact) mass is 250 g/mol. The van der Waals surface area contributed by atoms with Gasteiger partial charge in [-0.2, -0.15) is 0 Å². The van der Waals surface area contributed by atoms with Gasteiger partial charge in [0.05, 0.1) is 12.5 Å². The standard InChI is InChI=1S/C14H15FO3/c1-3-18-13(17)14(15)8-11(14)12(16)10-6-4-9(2)5-7-10/h4-7,11H,3,8H2,1-2H3/t11-,14-/m0/s1. The molecule has 1 aliphatic rings. The Morgan fingerprint density at radius 3 is 2.56 bits per heavy atom. The van der Waals surface area contributed by atoms with Crippen molar-refractivity contribution in [3.63, 3.8) is 0 Å². The van der Waals surface area contributed by atoms with E-state index in [2.05, 4.69) is 4.74 Å². The molecular weight excluding hydrogens is 235 g/mol. The average Bonchev–Trinajstić information content (AvgIpc) is 3.04. The van der Waals surface area contributed by atoms with Gasteiger partial charge in [-0.1, -0.05) is 29.8 Å². The van der Waals surface area contributed by atoms with Crippen LogP contribution in [0.15, 0.2) is 24.3 Å². The van der Waals surface area contributed by atoms with Gasteiger partial charge in [-0.15, -0.1) is 0 Å². The van der Waals surface area contributed by atoms with Crippen LogP contribution in [-0.4, -0.2) is 24.0 Å². The predicted molar refractivity (Wildman–Crippen MR) is 64.1 cm³/mol. The molecule has 2 rings (SSSR count). The highest BCUT2D eigenvalue weighted by atomic mass is 19.1. The van der Waals surface area contributed by atoms with Gasteiger partial charge in [-0.3, -0.25) is 4.79 Å². The third-order valence-electron chi connectivity index (χ3n) is 3.16. The molecule has 0 N–H and O–H groups in total. The summed E-state index contributed by atoms with van der Waals surface area (Å²) in [5.74, 6) is -2.14. The lowest BCUT2D eigenvalue weighted by Gasteiger charge is -2.06. The Bertz CT molecular complexity index is 480. The third-order valence-corrected chi connectivity index (χ3v) is 3.16. The van der Waals surface area contributed by atoms with Crippen molar-refractivity contribution in [3.05, 3.63) is 35.4 Å². The molecule has 0 unspecified atom stereocenters. The number of ether oxygens (including phenoxy) is 1. The number of carbonyl (C=O) groups excluding carboxylic acids is 2. The lowest BCUT2D eigenvalue weighted by atomic mass is 10.0. The van der Waals surface area contributed by atoms with E-state index in [0.717, 1.165) is 5.56 Å². The maximum Gasteiger partial charge on any atom is 0.344 e. The van der Waals surface area contributed by atoms with E-state index >= 15 is 0 Å². The number of ketones is 1. The van der Waals surface area contributed by atoms with Crippen LogP contribution in [0.4, 0.5) is 4.39 Å². The van der Waals surface area contributed by atoms with E-state index in [1.807, 2.05) is 6.92 Å². The second-order valence-electron chi connectivity index (χ2n) is 4.57. The number of rotatable bonds is 4. The zero-order valence-electron chi connectivity index (χ0n) is 10.4. The molecule has 0 bridgehead atoms. The van der Waals surface area contributed by atoms with Crippen molar-refractivity contribution < 1.29 is 18.7 Å². The molecule has 0 heterocycles. The normalized spacial score (nSPS) is 25.6. The lowest BCUT2D eigenvalue weighted by molar-refractivity contribution is -0.151. The highest BCUT2D eigenvalue weighted by molar-refractivity contribution is 6.05. The Morgan fingerprint density at radius 2 is 2.00 bits per heavy atom. The van der Waals surface area contributed by atoms with Gasteiger partial charge in [0.2, 0.25) is 5.67 Å². The average molecular weight is 250 g/mol. The SMILES string of the molecule is CCOC(=O)[C@]1(F)C[C@H]1C(=O)c1ccc(C)cc1. The highest BCUT2D eigenvalue weighted by Crippen LogP contribution is 2.50. The fourth-order valence-electron chi connectivity index (χ4n) is 1.93. The molecule has 96 valence electrons. The van der Waals surface area contributed by atoms with E-state index in [0.29, 0.717) is 5.56 Å². The Kier molecular flexibility index (Phi) is 3.20. The zero-order chi connectivity index (χ0) is 13.3. The Balaban J connectivity index is 2.09. The van der Waals surface area contributed by atoms with Gasteiger partial charge in [-0.25, -0.2) is 9.18 Å². The fourth-order valence-corrected chi connectivity index (χ4v) is 1.93. The lowest BCUT2D eigenvalue weighted by Crippen LogP contribution is -2.25. The molecule has 0 aromatic heterocycles. The predicted octanol–water partition coefficient (Wildman–Crippen LogP) is 2.47. The summed E-state index contributed by atoms with van der Waals surface area (Å²) in [4.78, 5) is 23.4. The Morgan fingerprint density at radius 1 is 1.39 bits per heavy atom. The summed E-state index contributed by atoms with van der Waals surface area (Å²) < 4.78 is 18.7. The zero-order valence-corrected chi connectivity index (χ0v) is 10.4. The summed E-state index contributed by atoms with van der Waals surface area (Å²) in [6.45, 7) is 3.64. The van der Waals surface area contributed by atoms with Crippen molar-refractivity contribution in [1.29, 1.82) is 0 Å². The number of benzene rings is 1. The quantitative estimate of drug-likeness (QED) is 0.609. The van der Waals surface area contributed by atoms with Crippen molar-refractivity contribution in [2.75, 3.05) is 6.61 Å². The van der Waals surface area contributed by atoms with Gasteiger partial charge in [0.15, 0.2) is 5.78 Å². The molecule has 0 spiro atoms. The van der Waals surface area contributed by atoms with E-state index in [1.54, 1.807) is 31.2 Å². The largest absolute Gasteiger partial charge is 0.464 e. The maximum absolute atomic E-state index is 14.1. The molecule has 1 saturated carbocycles. The first-order valence-corrected chi connectivity index (χ1v) is 5.96. The van der Waals surface area contributed by atoms with Crippen LogP contribution in [0, 0.1) is 12.8 Å². The van der Waals surface area contributed by atoms with E-state index in [4.69, 9.17) is 0 Å². The van der Waals surface area contributed by atoms with Crippen LogP contribution in [0.5, 0.6) is 0 Å². The molecule has 3 nitrogen and oxygen atoms in total. The molecule has 1 fully saturated rings. The molecule has 0 saturated heterocycles. The van der Waals surface area contributed by atoms with Gasteiger partial charge in [0.1, 0.15) is 0 Å². The van der Waals surface area contributed by atoms with Crippen molar-refractivity contribution in [2.45, 2.75) is 25.9 Å². The van der Waals surface area contributed by atoms with Crippen LogP contribution in [0.3, 0.4) is 0 Å². The summed E-state index contributed by atoms with van der Waals surface area (Å²) >= 11 is 0. The van der Waals surface area contributed by atoms with E-state index in [1.165, 1.54) is 0 Å². The molecule has 2 atom stereocenters. The number of hydrogen-bond acceptors (Lipinski definition) is 3. The number of alkyl halides is 1. The molecule has 0 amide bonds. The van der Waals surface area contributed by atoms with Crippen LogP contribution >= 0.6 is 0 Å². The van der Waals surface area contributed by atoms with Crippen molar-refractivity contribution in [3.8, 4) is 0 Å². The van der Waals surface area contributed by atoms with E-state index in [-0.39, 0.29) is 18.8 Å². The van der Waals surface area contributed by atoms with Crippen molar-refractivity contribution in [2.24, 2.45) is 5.92 Å². The molecule has 4 heteroatoms. The topological polar surface area (TPSA) is 43.4 Å².